The standard InChI is InChI=1S/C14H15ClFN3/c1-2-17-14(11-5-6-18-19-9-11)7-10-3-4-12(15)8-13(10)16/h3-6,8-9,14,17H,2,7H2,1H3. The molecule has 1 N–H and O–H groups in total. The highest BCUT2D eigenvalue weighted by Gasteiger charge is 2.14. The highest BCUT2D eigenvalue weighted by atomic mass is 35.5. The van der Waals surface area contributed by atoms with Crippen LogP contribution in [0.2, 0.25) is 5.02 Å². The van der Waals surface area contributed by atoms with E-state index in [2.05, 4.69) is 15.5 Å². The predicted molar refractivity (Wildman–Crippen MR) is 73.6 cm³/mol. The number of rotatable bonds is 5. The largest absolute Gasteiger partial charge is 0.310 e. The van der Waals surface area contributed by atoms with E-state index < -0.39 is 0 Å². The van der Waals surface area contributed by atoms with Crippen LogP contribution in [0.25, 0.3) is 0 Å². The Labute approximate surface area is 116 Å². The third-order valence-corrected chi connectivity index (χ3v) is 3.13. The Morgan fingerprint density at radius 1 is 1.32 bits per heavy atom. The summed E-state index contributed by atoms with van der Waals surface area (Å²) in [5.74, 6) is -0.280. The second-order valence-corrected chi connectivity index (χ2v) is 4.66. The lowest BCUT2D eigenvalue weighted by molar-refractivity contribution is 0.526. The molecule has 0 aliphatic carbocycles. The maximum absolute atomic E-state index is 13.8. The van der Waals surface area contributed by atoms with Gasteiger partial charge in [-0.1, -0.05) is 24.6 Å². The van der Waals surface area contributed by atoms with E-state index in [9.17, 15) is 4.39 Å². The minimum atomic E-state index is -0.280. The molecule has 5 heteroatoms. The highest BCUT2D eigenvalue weighted by Crippen LogP contribution is 2.21. The van der Waals surface area contributed by atoms with Crippen LogP contribution in [-0.2, 0) is 6.42 Å². The number of nitrogens with zero attached hydrogens (tertiary/aromatic N) is 2. The Morgan fingerprint density at radius 3 is 2.79 bits per heavy atom. The van der Waals surface area contributed by atoms with Crippen LogP contribution >= 0.6 is 11.6 Å². The Bertz CT molecular complexity index is 533. The second kappa shape index (κ2) is 6.59. The molecular weight excluding hydrogens is 265 g/mol. The molecule has 0 saturated carbocycles. The summed E-state index contributed by atoms with van der Waals surface area (Å²) in [5, 5.41) is 11.3. The molecule has 1 unspecified atom stereocenters. The molecule has 0 spiro atoms. The number of benzene rings is 1. The summed E-state index contributed by atoms with van der Waals surface area (Å²) in [5.41, 5.74) is 1.62. The Kier molecular flexibility index (Phi) is 4.82. The smallest absolute Gasteiger partial charge is 0.127 e. The molecule has 0 aliphatic rings. The van der Waals surface area contributed by atoms with E-state index in [1.807, 2.05) is 13.0 Å². The molecule has 1 atom stereocenters. The minimum absolute atomic E-state index is 0.0103. The van der Waals surface area contributed by atoms with Crippen LogP contribution in [0.15, 0.2) is 36.7 Å². The van der Waals surface area contributed by atoms with E-state index in [-0.39, 0.29) is 11.9 Å². The monoisotopic (exact) mass is 279 g/mol. The Hall–Kier alpha value is -1.52. The number of likely N-dealkylation sites (N-methyl/N-ethyl adjacent to an activating group) is 1. The van der Waals surface area contributed by atoms with E-state index in [1.54, 1.807) is 24.5 Å². The molecule has 19 heavy (non-hydrogen) atoms. The number of nitrogens with one attached hydrogen (secondary N) is 1. The van der Waals surface area contributed by atoms with Gasteiger partial charge in [0.2, 0.25) is 0 Å². The van der Waals surface area contributed by atoms with Crippen LogP contribution < -0.4 is 5.32 Å². The van der Waals surface area contributed by atoms with Gasteiger partial charge in [0.1, 0.15) is 5.82 Å². The fourth-order valence-corrected chi connectivity index (χ4v) is 2.13. The maximum Gasteiger partial charge on any atom is 0.127 e. The quantitative estimate of drug-likeness (QED) is 0.914. The van der Waals surface area contributed by atoms with Crippen molar-refractivity contribution < 1.29 is 4.39 Å². The lowest BCUT2D eigenvalue weighted by Crippen LogP contribution is -2.23. The van der Waals surface area contributed by atoms with Crippen LogP contribution in [0.5, 0.6) is 0 Å². The van der Waals surface area contributed by atoms with Gasteiger partial charge < -0.3 is 5.32 Å². The van der Waals surface area contributed by atoms with Gasteiger partial charge in [-0.2, -0.15) is 10.2 Å². The van der Waals surface area contributed by atoms with Crippen molar-refractivity contribution in [2.75, 3.05) is 6.54 Å². The molecule has 0 amide bonds. The normalized spacial score (nSPS) is 12.4. The topological polar surface area (TPSA) is 37.8 Å². The van der Waals surface area contributed by atoms with E-state index in [1.165, 1.54) is 6.07 Å². The molecule has 3 nitrogen and oxygen atoms in total. The lowest BCUT2D eigenvalue weighted by atomic mass is 10.00. The van der Waals surface area contributed by atoms with Crippen LogP contribution in [-0.4, -0.2) is 16.7 Å². The summed E-state index contributed by atoms with van der Waals surface area (Å²) in [6.07, 6.45) is 3.88. The fraction of sp³-hybridized carbons (Fsp3) is 0.286. The zero-order chi connectivity index (χ0) is 13.7. The summed E-state index contributed by atoms with van der Waals surface area (Å²) < 4.78 is 13.8. The zero-order valence-corrected chi connectivity index (χ0v) is 11.4. The summed E-state index contributed by atoms with van der Waals surface area (Å²) in [7, 11) is 0. The molecule has 1 aromatic heterocycles. The van der Waals surface area contributed by atoms with Crippen LogP contribution in [0.3, 0.4) is 0 Å². The van der Waals surface area contributed by atoms with Crippen molar-refractivity contribution >= 4 is 11.6 Å². The molecule has 100 valence electrons. The molecule has 1 heterocycles. The van der Waals surface area contributed by atoms with Crippen LogP contribution in [0.1, 0.15) is 24.1 Å². The van der Waals surface area contributed by atoms with Crippen LogP contribution in [0, 0.1) is 5.82 Å². The van der Waals surface area contributed by atoms with E-state index in [4.69, 9.17) is 11.6 Å². The third kappa shape index (κ3) is 3.72. The first-order chi connectivity index (χ1) is 9.20. The average molecular weight is 280 g/mol. The van der Waals surface area contributed by atoms with E-state index in [0.29, 0.717) is 17.0 Å². The van der Waals surface area contributed by atoms with Crippen LogP contribution in [0.4, 0.5) is 4.39 Å². The maximum atomic E-state index is 13.8. The highest BCUT2D eigenvalue weighted by molar-refractivity contribution is 6.30. The zero-order valence-electron chi connectivity index (χ0n) is 10.6. The van der Waals surface area contributed by atoms with Crippen molar-refractivity contribution in [2.24, 2.45) is 0 Å². The predicted octanol–water partition coefficient (Wildman–Crippen LogP) is 3.16. The molecule has 0 bridgehead atoms. The summed E-state index contributed by atoms with van der Waals surface area (Å²) in [6.45, 7) is 2.81. The number of hydrogen-bond acceptors (Lipinski definition) is 3. The van der Waals surface area contributed by atoms with Crippen molar-refractivity contribution in [3.8, 4) is 0 Å². The summed E-state index contributed by atoms with van der Waals surface area (Å²) >= 11 is 5.76. The van der Waals surface area contributed by atoms with E-state index >= 15 is 0 Å². The van der Waals surface area contributed by atoms with Gasteiger partial charge in [-0.3, -0.25) is 0 Å². The molecule has 1 aromatic carbocycles. The van der Waals surface area contributed by atoms with Crippen molar-refractivity contribution in [2.45, 2.75) is 19.4 Å². The molecule has 2 aromatic rings. The SMILES string of the molecule is CCNC(Cc1ccc(Cl)cc1F)c1ccnnc1. The van der Waals surface area contributed by atoms with Gasteiger partial charge in [-0.15, -0.1) is 0 Å². The van der Waals surface area contributed by atoms with Gasteiger partial charge in [0.15, 0.2) is 0 Å². The number of halogens is 2. The third-order valence-electron chi connectivity index (χ3n) is 2.90. The lowest BCUT2D eigenvalue weighted by Gasteiger charge is -2.18. The number of aromatic nitrogens is 2. The van der Waals surface area contributed by atoms with Gasteiger partial charge in [0.05, 0.1) is 6.20 Å². The van der Waals surface area contributed by atoms with Gasteiger partial charge in [-0.05, 0) is 42.3 Å². The second-order valence-electron chi connectivity index (χ2n) is 4.23. The van der Waals surface area contributed by atoms with Crippen molar-refractivity contribution in [1.29, 1.82) is 0 Å². The fourth-order valence-electron chi connectivity index (χ4n) is 1.97. The summed E-state index contributed by atoms with van der Waals surface area (Å²) in [4.78, 5) is 0. The molecule has 0 radical (unpaired) electrons. The van der Waals surface area contributed by atoms with Crippen molar-refractivity contribution in [3.63, 3.8) is 0 Å². The molecule has 2 rings (SSSR count). The first-order valence-corrected chi connectivity index (χ1v) is 6.52. The van der Waals surface area contributed by atoms with Gasteiger partial charge >= 0.3 is 0 Å². The first kappa shape index (κ1) is 13.9. The minimum Gasteiger partial charge on any atom is -0.310 e. The van der Waals surface area contributed by atoms with Gasteiger partial charge in [0, 0.05) is 17.3 Å². The molecule has 0 aliphatic heterocycles. The van der Waals surface area contributed by atoms with Gasteiger partial charge in [-0.25, -0.2) is 4.39 Å². The summed E-state index contributed by atoms with van der Waals surface area (Å²) in [6, 6.07) is 6.65. The van der Waals surface area contributed by atoms with E-state index in [0.717, 1.165) is 12.1 Å². The van der Waals surface area contributed by atoms with Crippen molar-refractivity contribution in [1.82, 2.24) is 15.5 Å². The number of hydrogen-bond donors (Lipinski definition) is 1. The van der Waals surface area contributed by atoms with Gasteiger partial charge in [0.25, 0.3) is 0 Å². The molecule has 0 saturated heterocycles. The Balaban J connectivity index is 2.21. The molecule has 0 fully saturated rings. The average Bonchev–Trinajstić information content (AvgIpc) is 2.42. The molecular formula is C14H15ClFN3. The Morgan fingerprint density at radius 2 is 2.16 bits per heavy atom. The first-order valence-electron chi connectivity index (χ1n) is 6.14. The van der Waals surface area contributed by atoms with Crippen molar-refractivity contribution in [3.05, 3.63) is 58.6 Å².